The van der Waals surface area contributed by atoms with Gasteiger partial charge in [0.2, 0.25) is 11.8 Å². The van der Waals surface area contributed by atoms with Crippen LogP contribution in [0.1, 0.15) is 18.4 Å². The number of likely N-dealkylation sites (tertiary alicyclic amines) is 1. The molecule has 2 N–H and O–H groups in total. The average Bonchev–Trinajstić information content (AvgIpc) is 3.14. The van der Waals surface area contributed by atoms with Crippen LogP contribution in [0.3, 0.4) is 0 Å². The Kier molecular flexibility index (Phi) is 7.54. The van der Waals surface area contributed by atoms with Crippen LogP contribution in [-0.4, -0.2) is 51.5 Å². The number of hydrogen-bond donors (Lipinski definition) is 1. The first-order valence-corrected chi connectivity index (χ1v) is 11.6. The molecule has 6 nitrogen and oxygen atoms in total. The summed E-state index contributed by atoms with van der Waals surface area (Å²) in [6.45, 7) is 1.65. The van der Waals surface area contributed by atoms with Gasteiger partial charge in [-0.15, -0.1) is 10.2 Å². The lowest BCUT2D eigenvalue weighted by atomic mass is 9.90. The molecule has 3 rings (SSSR count). The van der Waals surface area contributed by atoms with Crippen LogP contribution in [0.4, 0.5) is 0 Å². The Morgan fingerprint density at radius 1 is 1.07 bits per heavy atom. The highest BCUT2D eigenvalue weighted by Crippen LogP contribution is 2.29. The van der Waals surface area contributed by atoms with Gasteiger partial charge < -0.3 is 10.6 Å². The molecular formula is C18H22N4O2S3. The average molecular weight is 423 g/mol. The maximum Gasteiger partial charge on any atom is 0.233 e. The van der Waals surface area contributed by atoms with Crippen LogP contribution < -0.4 is 5.73 Å². The third kappa shape index (κ3) is 6.51. The van der Waals surface area contributed by atoms with Crippen LogP contribution in [-0.2, 0) is 16.0 Å². The second kappa shape index (κ2) is 10.1. The van der Waals surface area contributed by atoms with Crippen LogP contribution in [0.5, 0.6) is 0 Å². The number of primary amides is 1. The number of aromatic nitrogens is 2. The van der Waals surface area contributed by atoms with Gasteiger partial charge in [0.25, 0.3) is 0 Å². The molecule has 1 aromatic heterocycles. The number of thioether (sulfide) groups is 2. The van der Waals surface area contributed by atoms with Gasteiger partial charge in [0.1, 0.15) is 0 Å². The van der Waals surface area contributed by atoms with E-state index >= 15 is 0 Å². The summed E-state index contributed by atoms with van der Waals surface area (Å²) in [5, 5.41) is 8.06. The van der Waals surface area contributed by atoms with Crippen molar-refractivity contribution in [3.05, 3.63) is 35.9 Å². The first kappa shape index (κ1) is 20.2. The van der Waals surface area contributed by atoms with Crippen molar-refractivity contribution in [2.24, 2.45) is 11.7 Å². The molecule has 27 heavy (non-hydrogen) atoms. The Bertz CT molecular complexity index is 761. The number of carbonyl (C=O) groups excluding carboxylic acids is 2. The molecule has 1 aliphatic rings. The molecule has 2 aromatic rings. The first-order valence-electron chi connectivity index (χ1n) is 8.79. The van der Waals surface area contributed by atoms with Crippen molar-refractivity contribution >= 4 is 46.7 Å². The standard InChI is InChI=1S/C18H22N4O2S3/c19-15(23)11-25-17-20-21-18(27-17)26-12-16(24)22-8-6-14(7-9-22)10-13-4-2-1-3-5-13/h1-5,14H,6-12H2,(H2,19,23). The van der Waals surface area contributed by atoms with E-state index in [0.29, 0.717) is 16.0 Å². The maximum atomic E-state index is 12.5. The van der Waals surface area contributed by atoms with Gasteiger partial charge in [-0.2, -0.15) is 0 Å². The first-order chi connectivity index (χ1) is 13.1. The topological polar surface area (TPSA) is 89.2 Å². The number of nitrogens with zero attached hydrogens (tertiary/aromatic N) is 3. The molecule has 0 spiro atoms. The predicted octanol–water partition coefficient (Wildman–Crippen LogP) is 2.69. The highest BCUT2D eigenvalue weighted by Gasteiger charge is 2.23. The lowest BCUT2D eigenvalue weighted by Gasteiger charge is -2.32. The lowest BCUT2D eigenvalue weighted by molar-refractivity contribution is -0.129. The SMILES string of the molecule is NC(=O)CSc1nnc(SCC(=O)N2CCC(Cc3ccccc3)CC2)s1. The van der Waals surface area contributed by atoms with Crippen LogP contribution in [0.15, 0.2) is 39.0 Å². The molecule has 0 bridgehead atoms. The third-order valence-electron chi connectivity index (χ3n) is 4.38. The van der Waals surface area contributed by atoms with Gasteiger partial charge in [-0.1, -0.05) is 65.2 Å². The fourth-order valence-electron chi connectivity index (χ4n) is 3.00. The van der Waals surface area contributed by atoms with E-state index in [4.69, 9.17) is 5.73 Å². The van der Waals surface area contributed by atoms with Gasteiger partial charge in [0.05, 0.1) is 11.5 Å². The molecule has 1 aliphatic heterocycles. The lowest BCUT2D eigenvalue weighted by Crippen LogP contribution is -2.39. The van der Waals surface area contributed by atoms with E-state index in [9.17, 15) is 9.59 Å². The summed E-state index contributed by atoms with van der Waals surface area (Å²) in [6.07, 6.45) is 3.20. The Morgan fingerprint density at radius 3 is 2.33 bits per heavy atom. The molecular weight excluding hydrogens is 400 g/mol. The molecule has 144 valence electrons. The molecule has 2 amide bonds. The Morgan fingerprint density at radius 2 is 1.70 bits per heavy atom. The van der Waals surface area contributed by atoms with E-state index in [1.54, 1.807) is 0 Å². The summed E-state index contributed by atoms with van der Waals surface area (Å²) in [5.41, 5.74) is 6.50. The quantitative estimate of drug-likeness (QED) is 0.658. The zero-order chi connectivity index (χ0) is 19.1. The van der Waals surface area contributed by atoms with E-state index in [0.717, 1.165) is 36.7 Å². The van der Waals surface area contributed by atoms with Gasteiger partial charge in [-0.05, 0) is 30.7 Å². The number of amides is 2. The number of benzene rings is 1. The zero-order valence-electron chi connectivity index (χ0n) is 14.9. The van der Waals surface area contributed by atoms with Gasteiger partial charge in [0.15, 0.2) is 8.68 Å². The summed E-state index contributed by atoms with van der Waals surface area (Å²) >= 11 is 4.07. The highest BCUT2D eigenvalue weighted by atomic mass is 32.2. The minimum Gasteiger partial charge on any atom is -0.369 e. The van der Waals surface area contributed by atoms with E-state index in [1.165, 1.54) is 40.4 Å². The minimum atomic E-state index is -0.379. The van der Waals surface area contributed by atoms with Crippen molar-refractivity contribution in [3.63, 3.8) is 0 Å². The smallest absolute Gasteiger partial charge is 0.233 e. The van der Waals surface area contributed by atoms with E-state index in [-0.39, 0.29) is 17.6 Å². The maximum absolute atomic E-state index is 12.5. The molecule has 0 unspecified atom stereocenters. The normalized spacial score (nSPS) is 15.0. The number of carbonyl (C=O) groups is 2. The number of rotatable bonds is 8. The van der Waals surface area contributed by atoms with Crippen molar-refractivity contribution < 1.29 is 9.59 Å². The van der Waals surface area contributed by atoms with Gasteiger partial charge in [-0.3, -0.25) is 9.59 Å². The molecule has 9 heteroatoms. The van der Waals surface area contributed by atoms with Crippen LogP contribution >= 0.6 is 34.9 Å². The molecule has 0 saturated carbocycles. The number of nitrogens with two attached hydrogens (primary N) is 1. The van der Waals surface area contributed by atoms with Gasteiger partial charge in [0, 0.05) is 13.1 Å². The molecule has 1 aromatic carbocycles. The summed E-state index contributed by atoms with van der Waals surface area (Å²) in [7, 11) is 0. The highest BCUT2D eigenvalue weighted by molar-refractivity contribution is 8.03. The monoisotopic (exact) mass is 422 g/mol. The largest absolute Gasteiger partial charge is 0.369 e. The second-order valence-corrected chi connectivity index (χ2v) is 9.81. The Labute approximate surface area is 171 Å². The van der Waals surface area contributed by atoms with Crippen molar-refractivity contribution in [2.45, 2.75) is 27.9 Å². The fraction of sp³-hybridized carbons (Fsp3) is 0.444. The van der Waals surface area contributed by atoms with Crippen molar-refractivity contribution in [1.82, 2.24) is 15.1 Å². The number of piperidine rings is 1. The van der Waals surface area contributed by atoms with Crippen LogP contribution in [0.2, 0.25) is 0 Å². The number of hydrogen-bond acceptors (Lipinski definition) is 7. The van der Waals surface area contributed by atoms with Crippen LogP contribution in [0.25, 0.3) is 0 Å². The Hall–Kier alpha value is -1.58. The zero-order valence-corrected chi connectivity index (χ0v) is 17.3. The van der Waals surface area contributed by atoms with Gasteiger partial charge in [-0.25, -0.2) is 0 Å². The summed E-state index contributed by atoms with van der Waals surface area (Å²) in [5.74, 6) is 0.987. The molecule has 1 saturated heterocycles. The van der Waals surface area contributed by atoms with E-state index < -0.39 is 0 Å². The Balaban J connectivity index is 1.39. The predicted molar refractivity (Wildman–Crippen MR) is 110 cm³/mol. The second-order valence-electron chi connectivity index (χ2n) is 6.39. The summed E-state index contributed by atoms with van der Waals surface area (Å²) in [4.78, 5) is 25.2. The van der Waals surface area contributed by atoms with Crippen molar-refractivity contribution in [2.75, 3.05) is 24.6 Å². The molecule has 2 heterocycles. The summed E-state index contributed by atoms with van der Waals surface area (Å²) < 4.78 is 1.44. The van der Waals surface area contributed by atoms with Gasteiger partial charge >= 0.3 is 0 Å². The molecule has 1 fully saturated rings. The van der Waals surface area contributed by atoms with E-state index in [2.05, 4.69) is 34.5 Å². The third-order valence-corrected chi connectivity index (χ3v) is 7.58. The van der Waals surface area contributed by atoms with Crippen molar-refractivity contribution in [1.29, 1.82) is 0 Å². The molecule has 0 radical (unpaired) electrons. The molecule has 0 aliphatic carbocycles. The van der Waals surface area contributed by atoms with Crippen LogP contribution in [0, 0.1) is 5.92 Å². The van der Waals surface area contributed by atoms with E-state index in [1.807, 2.05) is 11.0 Å². The fourth-order valence-corrected chi connectivity index (χ4v) is 5.66. The molecule has 0 atom stereocenters. The van der Waals surface area contributed by atoms with Crippen molar-refractivity contribution in [3.8, 4) is 0 Å². The summed E-state index contributed by atoms with van der Waals surface area (Å²) in [6, 6.07) is 10.5. The minimum absolute atomic E-state index is 0.153.